The molecular formula is C15H27N3O. The molecule has 0 amide bonds. The maximum Gasteiger partial charge on any atom is 0.106 e. The number of unbranched alkanes of at least 4 members (excludes halogenated alkanes) is 1. The van der Waals surface area contributed by atoms with Crippen molar-refractivity contribution in [1.82, 2.24) is 9.55 Å². The number of rotatable bonds is 6. The predicted octanol–water partition coefficient (Wildman–Crippen LogP) is 1.95. The minimum atomic E-state index is -0.705. The molecule has 0 saturated heterocycles. The number of imidazole rings is 1. The zero-order chi connectivity index (χ0) is 13.9. The Hall–Kier alpha value is -0.870. The van der Waals surface area contributed by atoms with Gasteiger partial charge >= 0.3 is 0 Å². The Labute approximate surface area is 116 Å². The molecule has 1 unspecified atom stereocenters. The van der Waals surface area contributed by atoms with E-state index < -0.39 is 5.60 Å². The summed E-state index contributed by atoms with van der Waals surface area (Å²) in [6, 6.07) is 0. The average molecular weight is 265 g/mol. The van der Waals surface area contributed by atoms with E-state index in [1.807, 2.05) is 6.92 Å². The fourth-order valence-electron chi connectivity index (χ4n) is 2.91. The number of hydrogen-bond donors (Lipinski definition) is 2. The second-order valence-corrected chi connectivity index (χ2v) is 6.07. The third kappa shape index (κ3) is 3.57. The van der Waals surface area contributed by atoms with Crippen LogP contribution in [0.5, 0.6) is 0 Å². The van der Waals surface area contributed by atoms with E-state index in [0.717, 1.165) is 38.1 Å². The number of nitrogens with zero attached hydrogens (tertiary/aromatic N) is 2. The van der Waals surface area contributed by atoms with E-state index in [-0.39, 0.29) is 0 Å². The van der Waals surface area contributed by atoms with E-state index in [0.29, 0.717) is 6.54 Å². The molecule has 0 aromatic carbocycles. The summed E-state index contributed by atoms with van der Waals surface area (Å²) in [6.45, 7) is 5.28. The lowest BCUT2D eigenvalue weighted by molar-refractivity contribution is 0.0569. The molecule has 0 saturated carbocycles. The van der Waals surface area contributed by atoms with Crippen LogP contribution < -0.4 is 5.73 Å². The molecule has 108 valence electrons. The van der Waals surface area contributed by atoms with Crippen molar-refractivity contribution in [2.75, 3.05) is 6.54 Å². The molecule has 1 aliphatic carbocycles. The molecule has 19 heavy (non-hydrogen) atoms. The van der Waals surface area contributed by atoms with Crippen LogP contribution >= 0.6 is 0 Å². The second-order valence-electron chi connectivity index (χ2n) is 6.07. The molecule has 0 aliphatic heterocycles. The molecule has 0 bridgehead atoms. The predicted molar refractivity (Wildman–Crippen MR) is 77.1 cm³/mol. The summed E-state index contributed by atoms with van der Waals surface area (Å²) >= 11 is 0. The van der Waals surface area contributed by atoms with Gasteiger partial charge in [-0.2, -0.15) is 0 Å². The maximum absolute atomic E-state index is 9.88. The fraction of sp³-hybridized carbons (Fsp3) is 0.800. The standard InChI is InChI=1S/C15H27N3O/c1-12-17-13-7-3-4-8-14(13)18(12)10-6-5-9-15(2,19)11-16/h19H,3-11,16H2,1-2H3. The van der Waals surface area contributed by atoms with Crippen molar-refractivity contribution in [3.05, 3.63) is 17.2 Å². The fourth-order valence-corrected chi connectivity index (χ4v) is 2.91. The van der Waals surface area contributed by atoms with Crippen LogP contribution in [0.2, 0.25) is 0 Å². The van der Waals surface area contributed by atoms with E-state index in [9.17, 15) is 5.11 Å². The Morgan fingerprint density at radius 1 is 1.32 bits per heavy atom. The van der Waals surface area contributed by atoms with Crippen LogP contribution in [0.3, 0.4) is 0 Å². The molecule has 1 aliphatic rings. The van der Waals surface area contributed by atoms with Gasteiger partial charge in [0.05, 0.1) is 11.3 Å². The lowest BCUT2D eigenvalue weighted by atomic mass is 9.99. The highest BCUT2D eigenvalue weighted by atomic mass is 16.3. The van der Waals surface area contributed by atoms with Crippen LogP contribution in [0, 0.1) is 6.92 Å². The highest BCUT2D eigenvalue weighted by molar-refractivity contribution is 5.19. The molecule has 1 aromatic rings. The van der Waals surface area contributed by atoms with Crippen molar-refractivity contribution < 1.29 is 5.11 Å². The Kier molecular flexibility index (Phi) is 4.63. The summed E-state index contributed by atoms with van der Waals surface area (Å²) < 4.78 is 2.38. The van der Waals surface area contributed by atoms with Crippen LogP contribution in [-0.4, -0.2) is 26.8 Å². The monoisotopic (exact) mass is 265 g/mol. The van der Waals surface area contributed by atoms with Gasteiger partial charge in [0.2, 0.25) is 0 Å². The maximum atomic E-state index is 9.88. The first-order valence-corrected chi connectivity index (χ1v) is 7.51. The van der Waals surface area contributed by atoms with Gasteiger partial charge in [-0.25, -0.2) is 4.98 Å². The lowest BCUT2D eigenvalue weighted by Gasteiger charge is -2.21. The summed E-state index contributed by atoms with van der Waals surface area (Å²) in [5, 5.41) is 9.88. The number of aromatic nitrogens is 2. The molecule has 4 nitrogen and oxygen atoms in total. The second kappa shape index (κ2) is 6.06. The van der Waals surface area contributed by atoms with Crippen molar-refractivity contribution in [1.29, 1.82) is 0 Å². The SMILES string of the molecule is Cc1nc2c(n1CCCCC(C)(O)CN)CCCC2. The number of nitrogens with two attached hydrogens (primary N) is 1. The van der Waals surface area contributed by atoms with Crippen LogP contribution in [0.1, 0.15) is 56.2 Å². The highest BCUT2D eigenvalue weighted by Gasteiger charge is 2.19. The molecular weight excluding hydrogens is 238 g/mol. The first-order valence-electron chi connectivity index (χ1n) is 7.51. The highest BCUT2D eigenvalue weighted by Crippen LogP contribution is 2.23. The van der Waals surface area contributed by atoms with Crippen LogP contribution in [0.25, 0.3) is 0 Å². The zero-order valence-corrected chi connectivity index (χ0v) is 12.3. The van der Waals surface area contributed by atoms with Gasteiger partial charge in [0.25, 0.3) is 0 Å². The number of hydrogen-bond acceptors (Lipinski definition) is 3. The molecule has 1 heterocycles. The first kappa shape index (κ1) is 14.5. The van der Waals surface area contributed by atoms with Crippen molar-refractivity contribution in [2.24, 2.45) is 5.73 Å². The van der Waals surface area contributed by atoms with Crippen LogP contribution in [-0.2, 0) is 19.4 Å². The van der Waals surface area contributed by atoms with E-state index in [4.69, 9.17) is 5.73 Å². The van der Waals surface area contributed by atoms with Gasteiger partial charge in [-0.3, -0.25) is 0 Å². The summed E-state index contributed by atoms with van der Waals surface area (Å²) in [7, 11) is 0. The van der Waals surface area contributed by atoms with Gasteiger partial charge in [-0.15, -0.1) is 0 Å². The minimum Gasteiger partial charge on any atom is -0.389 e. The van der Waals surface area contributed by atoms with Crippen molar-refractivity contribution in [3.63, 3.8) is 0 Å². The Morgan fingerprint density at radius 2 is 2.05 bits per heavy atom. The molecule has 1 atom stereocenters. The van der Waals surface area contributed by atoms with Gasteiger partial charge in [0.1, 0.15) is 5.82 Å². The smallest absolute Gasteiger partial charge is 0.106 e. The van der Waals surface area contributed by atoms with Gasteiger partial charge in [0.15, 0.2) is 0 Å². The number of aryl methyl sites for hydroxylation is 2. The first-order chi connectivity index (χ1) is 9.03. The molecule has 1 aromatic heterocycles. The third-order valence-electron chi connectivity index (χ3n) is 4.21. The Bertz CT molecular complexity index is 423. The van der Waals surface area contributed by atoms with E-state index in [2.05, 4.69) is 16.5 Å². The topological polar surface area (TPSA) is 64.1 Å². The van der Waals surface area contributed by atoms with E-state index in [1.54, 1.807) is 0 Å². The van der Waals surface area contributed by atoms with Crippen LogP contribution in [0.15, 0.2) is 0 Å². The Balaban J connectivity index is 1.88. The lowest BCUT2D eigenvalue weighted by Crippen LogP contribution is -2.33. The molecule has 0 spiro atoms. The van der Waals surface area contributed by atoms with E-state index in [1.165, 1.54) is 30.7 Å². The molecule has 2 rings (SSSR count). The molecule has 4 heteroatoms. The average Bonchev–Trinajstić information content (AvgIpc) is 2.71. The zero-order valence-electron chi connectivity index (χ0n) is 12.3. The normalized spacial score (nSPS) is 18.1. The van der Waals surface area contributed by atoms with E-state index >= 15 is 0 Å². The summed E-state index contributed by atoms with van der Waals surface area (Å²) in [4.78, 5) is 4.69. The van der Waals surface area contributed by atoms with Crippen molar-refractivity contribution in [2.45, 2.75) is 70.9 Å². The van der Waals surface area contributed by atoms with Crippen molar-refractivity contribution >= 4 is 0 Å². The van der Waals surface area contributed by atoms with Gasteiger partial charge in [-0.1, -0.05) is 0 Å². The molecule has 0 radical (unpaired) electrons. The largest absolute Gasteiger partial charge is 0.389 e. The van der Waals surface area contributed by atoms with Gasteiger partial charge in [-0.05, 0) is 58.8 Å². The van der Waals surface area contributed by atoms with Crippen molar-refractivity contribution in [3.8, 4) is 0 Å². The van der Waals surface area contributed by atoms with Crippen LogP contribution in [0.4, 0.5) is 0 Å². The third-order valence-corrected chi connectivity index (χ3v) is 4.21. The molecule has 3 N–H and O–H groups in total. The van der Waals surface area contributed by atoms with Gasteiger partial charge < -0.3 is 15.4 Å². The number of aliphatic hydroxyl groups is 1. The number of fused-ring (bicyclic) bond motifs is 1. The summed E-state index contributed by atoms with van der Waals surface area (Å²) in [6.07, 6.45) is 7.76. The summed E-state index contributed by atoms with van der Waals surface area (Å²) in [5.74, 6) is 1.15. The summed E-state index contributed by atoms with van der Waals surface area (Å²) in [5.41, 5.74) is 7.60. The Morgan fingerprint density at radius 3 is 2.79 bits per heavy atom. The molecule has 0 fully saturated rings. The minimum absolute atomic E-state index is 0.340. The van der Waals surface area contributed by atoms with Gasteiger partial charge in [0, 0.05) is 18.8 Å². The quantitative estimate of drug-likeness (QED) is 0.773.